The molecule has 4 fully saturated rings. The van der Waals surface area contributed by atoms with Gasteiger partial charge in [-0.2, -0.15) is 0 Å². The van der Waals surface area contributed by atoms with Gasteiger partial charge in [-0.25, -0.2) is 0 Å². The summed E-state index contributed by atoms with van der Waals surface area (Å²) < 4.78 is 6.33. The molecule has 0 aliphatic heterocycles. The molecule has 4 bridgehead atoms. The van der Waals surface area contributed by atoms with Gasteiger partial charge in [-0.1, -0.05) is 82.3 Å². The molecule has 1 heterocycles. The van der Waals surface area contributed by atoms with E-state index in [0.717, 1.165) is 34.8 Å². The van der Waals surface area contributed by atoms with Crippen molar-refractivity contribution < 1.29 is 4.42 Å². The fourth-order valence-corrected chi connectivity index (χ4v) is 12.3. The number of benzene rings is 5. The van der Waals surface area contributed by atoms with Gasteiger partial charge >= 0.3 is 0 Å². The minimum atomic E-state index is 0.126. The quantitative estimate of drug-likeness (QED) is 0.189. The average molecular weight is 654 g/mol. The van der Waals surface area contributed by atoms with Gasteiger partial charge in [0.1, 0.15) is 11.2 Å². The molecular formula is C48H47NO. The van der Waals surface area contributed by atoms with Crippen molar-refractivity contribution in [3.8, 4) is 11.1 Å². The Hall–Kier alpha value is -4.30. The predicted octanol–water partition coefficient (Wildman–Crippen LogP) is 13.1. The molecule has 5 aromatic carbocycles. The van der Waals surface area contributed by atoms with E-state index in [0.29, 0.717) is 0 Å². The lowest BCUT2D eigenvalue weighted by atomic mass is 9.43. The van der Waals surface area contributed by atoms with Gasteiger partial charge in [0.05, 0.1) is 0 Å². The van der Waals surface area contributed by atoms with Crippen LogP contribution in [-0.2, 0) is 16.2 Å². The number of hydrogen-bond donors (Lipinski definition) is 0. The Morgan fingerprint density at radius 2 is 1.08 bits per heavy atom. The second kappa shape index (κ2) is 9.93. The third-order valence-electron chi connectivity index (χ3n) is 14.5. The van der Waals surface area contributed by atoms with E-state index in [2.05, 4.69) is 136 Å². The van der Waals surface area contributed by atoms with Gasteiger partial charge < -0.3 is 9.32 Å². The van der Waals surface area contributed by atoms with Crippen molar-refractivity contribution in [2.45, 2.75) is 88.9 Å². The Morgan fingerprint density at radius 1 is 0.500 bits per heavy atom. The first-order valence-electron chi connectivity index (χ1n) is 19.3. The molecule has 1 aromatic heterocycles. The maximum Gasteiger partial charge on any atom is 0.135 e. The van der Waals surface area contributed by atoms with Gasteiger partial charge in [0.25, 0.3) is 0 Å². The van der Waals surface area contributed by atoms with Crippen LogP contribution in [-0.4, -0.2) is 0 Å². The van der Waals surface area contributed by atoms with E-state index in [1.54, 1.807) is 11.1 Å². The molecule has 2 nitrogen and oxygen atoms in total. The number of anilines is 3. The monoisotopic (exact) mass is 653 g/mol. The Morgan fingerprint density at radius 3 is 1.86 bits per heavy atom. The third-order valence-corrected chi connectivity index (χ3v) is 14.5. The number of furan rings is 1. The van der Waals surface area contributed by atoms with Crippen molar-refractivity contribution in [1.82, 2.24) is 0 Å². The van der Waals surface area contributed by atoms with Crippen LogP contribution in [0.15, 0.2) is 108 Å². The van der Waals surface area contributed by atoms with E-state index in [1.165, 1.54) is 95.0 Å². The first-order chi connectivity index (χ1) is 24.2. The smallest absolute Gasteiger partial charge is 0.135 e. The summed E-state index contributed by atoms with van der Waals surface area (Å²) in [6.45, 7) is 9.75. The lowest BCUT2D eigenvalue weighted by Gasteiger charge is -2.61. The zero-order chi connectivity index (χ0) is 33.6. The van der Waals surface area contributed by atoms with Crippen LogP contribution in [0, 0.1) is 23.7 Å². The Balaban J connectivity index is 1.15. The van der Waals surface area contributed by atoms with Crippen molar-refractivity contribution in [3.63, 3.8) is 0 Å². The highest BCUT2D eigenvalue weighted by Crippen LogP contribution is 2.69. The van der Waals surface area contributed by atoms with Crippen LogP contribution in [0.1, 0.15) is 94.9 Å². The first-order valence-corrected chi connectivity index (χ1v) is 19.3. The summed E-state index contributed by atoms with van der Waals surface area (Å²) in [6, 6.07) is 39.7. The minimum Gasteiger partial charge on any atom is -0.456 e. The van der Waals surface area contributed by atoms with E-state index >= 15 is 0 Å². The Bertz CT molecular complexity index is 2340. The van der Waals surface area contributed by atoms with Crippen LogP contribution in [0.25, 0.3) is 33.1 Å². The van der Waals surface area contributed by atoms with Crippen LogP contribution >= 0.6 is 0 Å². The molecule has 0 amide bonds. The number of hydrogen-bond acceptors (Lipinski definition) is 2. The molecule has 0 radical (unpaired) electrons. The SMILES string of the molecule is CC1(C)CCC(C)(C)c2cc(N(c3ccc4c(c3)C3(c5ccccc5-4)C4CC5CC(C4)CC3C5)c3ccc4oc5ccccc5c4c3)ccc21. The molecule has 50 heavy (non-hydrogen) atoms. The molecule has 6 aliphatic carbocycles. The van der Waals surface area contributed by atoms with Crippen molar-refractivity contribution in [1.29, 1.82) is 0 Å². The number of para-hydroxylation sites is 1. The highest BCUT2D eigenvalue weighted by molar-refractivity contribution is 6.06. The molecule has 250 valence electrons. The molecule has 4 saturated carbocycles. The van der Waals surface area contributed by atoms with E-state index in [1.807, 2.05) is 0 Å². The van der Waals surface area contributed by atoms with Gasteiger partial charge in [-0.05, 0) is 161 Å². The van der Waals surface area contributed by atoms with Gasteiger partial charge in [0.15, 0.2) is 0 Å². The lowest BCUT2D eigenvalue weighted by molar-refractivity contribution is -0.0399. The molecule has 12 rings (SSSR count). The topological polar surface area (TPSA) is 16.4 Å². The molecule has 6 aromatic rings. The van der Waals surface area contributed by atoms with Crippen molar-refractivity contribution in [2.24, 2.45) is 23.7 Å². The highest BCUT2D eigenvalue weighted by atomic mass is 16.3. The molecular weight excluding hydrogens is 607 g/mol. The second-order valence-corrected chi connectivity index (χ2v) is 18.1. The summed E-state index contributed by atoms with van der Waals surface area (Å²) in [6.07, 6.45) is 9.49. The Kier molecular flexibility index (Phi) is 5.85. The van der Waals surface area contributed by atoms with Crippen molar-refractivity contribution in [3.05, 3.63) is 125 Å². The fourth-order valence-electron chi connectivity index (χ4n) is 12.3. The predicted molar refractivity (Wildman–Crippen MR) is 207 cm³/mol. The second-order valence-electron chi connectivity index (χ2n) is 18.1. The van der Waals surface area contributed by atoms with Crippen LogP contribution in [0.4, 0.5) is 17.1 Å². The highest BCUT2D eigenvalue weighted by Gasteiger charge is 2.61. The molecule has 6 aliphatic rings. The van der Waals surface area contributed by atoms with E-state index in [9.17, 15) is 0 Å². The Labute approximate surface area is 296 Å². The van der Waals surface area contributed by atoms with Crippen molar-refractivity contribution in [2.75, 3.05) is 4.90 Å². The normalized spacial score (nSPS) is 27.8. The maximum atomic E-state index is 6.33. The van der Waals surface area contributed by atoms with Crippen LogP contribution in [0.3, 0.4) is 0 Å². The van der Waals surface area contributed by atoms with Crippen LogP contribution in [0.2, 0.25) is 0 Å². The maximum absolute atomic E-state index is 6.33. The zero-order valence-electron chi connectivity index (χ0n) is 29.9. The van der Waals surface area contributed by atoms with E-state index in [-0.39, 0.29) is 16.2 Å². The van der Waals surface area contributed by atoms with Gasteiger partial charge in [-0.3, -0.25) is 0 Å². The fraction of sp³-hybridized carbons (Fsp3) is 0.375. The minimum absolute atomic E-state index is 0.126. The molecule has 2 heteroatoms. The average Bonchev–Trinajstić information content (AvgIpc) is 3.62. The standard InChI is InChI=1S/C48H47NO/c1-46(2)19-20-47(3,4)43-28-35(14-17-41(43)46)49(33-15-18-45-39(26-33)38-10-6-8-12-44(38)50-45)34-13-16-37-36-9-5-7-11-40(36)48(42(37)27-34)31-22-29-21-30(24-31)25-32(48)23-29/h5-18,26-32H,19-25H2,1-4H3. The number of rotatable bonds is 3. The molecule has 1 spiro atoms. The largest absolute Gasteiger partial charge is 0.456 e. The number of nitrogens with zero attached hydrogens (tertiary/aromatic N) is 1. The molecule has 0 saturated heterocycles. The molecule has 0 atom stereocenters. The van der Waals surface area contributed by atoms with Crippen LogP contribution < -0.4 is 4.90 Å². The summed E-state index contributed by atoms with van der Waals surface area (Å²) in [7, 11) is 0. The van der Waals surface area contributed by atoms with E-state index < -0.39 is 0 Å². The number of fused-ring (bicyclic) bond motifs is 7. The van der Waals surface area contributed by atoms with Gasteiger partial charge in [-0.15, -0.1) is 0 Å². The summed E-state index contributed by atoms with van der Waals surface area (Å²) in [5.41, 5.74) is 15.2. The summed E-state index contributed by atoms with van der Waals surface area (Å²) in [4.78, 5) is 2.56. The summed E-state index contributed by atoms with van der Waals surface area (Å²) in [5, 5.41) is 2.35. The van der Waals surface area contributed by atoms with Crippen LogP contribution in [0.5, 0.6) is 0 Å². The van der Waals surface area contributed by atoms with Gasteiger partial charge in [0.2, 0.25) is 0 Å². The van der Waals surface area contributed by atoms with E-state index in [4.69, 9.17) is 4.42 Å². The van der Waals surface area contributed by atoms with Crippen molar-refractivity contribution >= 4 is 39.0 Å². The van der Waals surface area contributed by atoms with Gasteiger partial charge in [0, 0.05) is 33.2 Å². The molecule has 0 N–H and O–H groups in total. The third kappa shape index (κ3) is 3.86. The summed E-state index contributed by atoms with van der Waals surface area (Å²) in [5.74, 6) is 3.34. The zero-order valence-corrected chi connectivity index (χ0v) is 29.9. The summed E-state index contributed by atoms with van der Waals surface area (Å²) >= 11 is 0. The first kappa shape index (κ1) is 29.4. The lowest BCUT2D eigenvalue weighted by Crippen LogP contribution is -2.55. The molecule has 0 unspecified atom stereocenters.